The Morgan fingerprint density at radius 3 is 2.94 bits per heavy atom. The minimum Gasteiger partial charge on any atom is -0.381 e. The van der Waals surface area contributed by atoms with Gasteiger partial charge in [-0.25, -0.2) is 0 Å². The molecule has 1 aromatic rings. The van der Waals surface area contributed by atoms with E-state index in [4.69, 9.17) is 4.74 Å². The minimum atomic E-state index is 0.647. The van der Waals surface area contributed by atoms with E-state index in [1.807, 2.05) is 6.20 Å². The summed E-state index contributed by atoms with van der Waals surface area (Å²) in [5.41, 5.74) is 1.31. The fraction of sp³-hybridized carbons (Fsp3) is 0.769. The van der Waals surface area contributed by atoms with E-state index in [1.165, 1.54) is 44.5 Å². The molecule has 1 atom stereocenters. The first-order valence-electron chi connectivity index (χ1n) is 6.74. The van der Waals surface area contributed by atoms with Crippen LogP contribution in [0.2, 0.25) is 0 Å². The number of rotatable bonds is 2. The van der Waals surface area contributed by atoms with Crippen LogP contribution in [-0.2, 0) is 4.74 Å². The van der Waals surface area contributed by atoms with Gasteiger partial charge in [0.25, 0.3) is 0 Å². The predicted molar refractivity (Wildman–Crippen MR) is 66.0 cm³/mol. The number of nitrogens with one attached hydrogen (secondary N) is 1. The van der Waals surface area contributed by atoms with Crippen molar-refractivity contribution in [2.45, 2.75) is 37.6 Å². The maximum Gasteiger partial charge on any atom is 0.0490 e. The van der Waals surface area contributed by atoms with Gasteiger partial charge in [0.05, 0.1) is 0 Å². The minimum absolute atomic E-state index is 0.647. The van der Waals surface area contributed by atoms with Crippen LogP contribution in [0.25, 0.3) is 0 Å². The van der Waals surface area contributed by atoms with Crippen molar-refractivity contribution in [3.05, 3.63) is 18.0 Å². The zero-order chi connectivity index (χ0) is 11.5. The zero-order valence-electron chi connectivity index (χ0n) is 10.3. The summed E-state index contributed by atoms with van der Waals surface area (Å²) in [6.45, 7) is 4.33. The number of nitrogens with zero attached hydrogens (tertiary/aromatic N) is 2. The van der Waals surface area contributed by atoms with E-state index in [2.05, 4.69) is 21.2 Å². The van der Waals surface area contributed by atoms with Gasteiger partial charge in [-0.1, -0.05) is 0 Å². The number of ether oxygens (including phenoxy) is 1. The smallest absolute Gasteiger partial charge is 0.0490 e. The number of likely N-dealkylation sites (tertiary alicyclic amines) is 1. The van der Waals surface area contributed by atoms with Gasteiger partial charge in [0.15, 0.2) is 0 Å². The molecule has 0 saturated carbocycles. The van der Waals surface area contributed by atoms with Gasteiger partial charge in [-0.2, -0.15) is 5.10 Å². The van der Waals surface area contributed by atoms with Gasteiger partial charge in [0.2, 0.25) is 0 Å². The quantitative estimate of drug-likeness (QED) is 0.849. The molecule has 2 fully saturated rings. The number of aromatic amines is 1. The van der Waals surface area contributed by atoms with Gasteiger partial charge in [-0.3, -0.25) is 10.00 Å². The molecule has 4 nitrogen and oxygen atoms in total. The van der Waals surface area contributed by atoms with Gasteiger partial charge in [0.1, 0.15) is 0 Å². The molecular formula is C13H21N3O. The van der Waals surface area contributed by atoms with Crippen molar-refractivity contribution in [3.63, 3.8) is 0 Å². The molecule has 0 radical (unpaired) electrons. The molecule has 4 heteroatoms. The number of H-pyrrole nitrogens is 1. The van der Waals surface area contributed by atoms with Crippen molar-refractivity contribution in [1.82, 2.24) is 15.1 Å². The molecule has 0 spiro atoms. The van der Waals surface area contributed by atoms with Crippen molar-refractivity contribution in [1.29, 1.82) is 0 Å². The Bertz CT molecular complexity index is 332. The average Bonchev–Trinajstić information content (AvgIpc) is 2.94. The maximum atomic E-state index is 5.45. The molecule has 0 bridgehead atoms. The lowest BCUT2D eigenvalue weighted by molar-refractivity contribution is 0.0237. The molecule has 0 aromatic carbocycles. The summed E-state index contributed by atoms with van der Waals surface area (Å²) in [7, 11) is 0. The second-order valence-electron chi connectivity index (χ2n) is 5.19. The van der Waals surface area contributed by atoms with Crippen molar-refractivity contribution in [2.75, 3.05) is 26.3 Å². The molecule has 3 heterocycles. The van der Waals surface area contributed by atoms with Crippen LogP contribution in [0.1, 0.15) is 37.3 Å². The fourth-order valence-corrected chi connectivity index (χ4v) is 3.14. The van der Waals surface area contributed by atoms with Crippen LogP contribution in [-0.4, -0.2) is 47.4 Å². The molecular weight excluding hydrogens is 214 g/mol. The lowest BCUT2D eigenvalue weighted by Crippen LogP contribution is -2.44. The fourth-order valence-electron chi connectivity index (χ4n) is 3.14. The second-order valence-corrected chi connectivity index (χ2v) is 5.19. The van der Waals surface area contributed by atoms with Gasteiger partial charge < -0.3 is 4.74 Å². The first-order chi connectivity index (χ1) is 8.43. The van der Waals surface area contributed by atoms with Crippen LogP contribution in [0.15, 0.2) is 12.3 Å². The molecule has 17 heavy (non-hydrogen) atoms. The monoisotopic (exact) mass is 235 g/mol. The third kappa shape index (κ3) is 2.53. The summed E-state index contributed by atoms with van der Waals surface area (Å²) in [4.78, 5) is 2.66. The van der Waals surface area contributed by atoms with E-state index in [-0.39, 0.29) is 0 Å². The predicted octanol–water partition coefficient (Wildman–Crippen LogP) is 1.77. The van der Waals surface area contributed by atoms with E-state index >= 15 is 0 Å². The SMILES string of the molecule is c1cc(C2CCCN(C3CCOCC3)C2)[nH]n1. The summed E-state index contributed by atoms with van der Waals surface area (Å²) in [6.07, 6.45) is 6.87. The van der Waals surface area contributed by atoms with E-state index in [9.17, 15) is 0 Å². The van der Waals surface area contributed by atoms with Crippen molar-refractivity contribution in [2.24, 2.45) is 0 Å². The van der Waals surface area contributed by atoms with Crippen molar-refractivity contribution < 1.29 is 4.74 Å². The normalized spacial score (nSPS) is 28.4. The van der Waals surface area contributed by atoms with Gasteiger partial charge in [-0.05, 0) is 38.3 Å². The van der Waals surface area contributed by atoms with E-state index in [1.54, 1.807) is 0 Å². The summed E-state index contributed by atoms with van der Waals surface area (Å²) in [5.74, 6) is 0.647. The largest absolute Gasteiger partial charge is 0.381 e. The Kier molecular flexibility index (Phi) is 3.43. The first kappa shape index (κ1) is 11.2. The molecule has 1 N–H and O–H groups in total. The Morgan fingerprint density at radius 2 is 2.18 bits per heavy atom. The van der Waals surface area contributed by atoms with Crippen LogP contribution < -0.4 is 0 Å². The van der Waals surface area contributed by atoms with Gasteiger partial charge >= 0.3 is 0 Å². The molecule has 2 aliphatic rings. The average molecular weight is 235 g/mol. The van der Waals surface area contributed by atoms with Crippen LogP contribution >= 0.6 is 0 Å². The third-order valence-corrected chi connectivity index (χ3v) is 4.12. The molecule has 0 amide bonds. The highest BCUT2D eigenvalue weighted by atomic mass is 16.5. The Morgan fingerprint density at radius 1 is 1.29 bits per heavy atom. The Labute approximate surface area is 102 Å². The topological polar surface area (TPSA) is 41.1 Å². The second kappa shape index (κ2) is 5.19. The van der Waals surface area contributed by atoms with Gasteiger partial charge in [-0.15, -0.1) is 0 Å². The van der Waals surface area contributed by atoms with Crippen molar-refractivity contribution >= 4 is 0 Å². The standard InChI is InChI=1S/C13H21N3O/c1-2-11(13-3-6-14-15-13)10-16(7-1)12-4-8-17-9-5-12/h3,6,11-12H,1-2,4-5,7-10H2,(H,14,15). The summed E-state index contributed by atoms with van der Waals surface area (Å²) in [5, 5.41) is 7.20. The molecule has 1 aromatic heterocycles. The van der Waals surface area contributed by atoms with Crippen LogP contribution in [0.5, 0.6) is 0 Å². The van der Waals surface area contributed by atoms with E-state index < -0.39 is 0 Å². The summed E-state index contributed by atoms with van der Waals surface area (Å²) in [6, 6.07) is 2.87. The number of hydrogen-bond acceptors (Lipinski definition) is 3. The zero-order valence-corrected chi connectivity index (χ0v) is 10.3. The van der Waals surface area contributed by atoms with Crippen LogP contribution in [0.4, 0.5) is 0 Å². The third-order valence-electron chi connectivity index (χ3n) is 4.12. The molecule has 1 unspecified atom stereocenters. The van der Waals surface area contributed by atoms with Crippen LogP contribution in [0.3, 0.4) is 0 Å². The summed E-state index contributed by atoms with van der Waals surface area (Å²) < 4.78 is 5.45. The highest BCUT2D eigenvalue weighted by Crippen LogP contribution is 2.28. The molecule has 0 aliphatic carbocycles. The maximum absolute atomic E-state index is 5.45. The highest BCUT2D eigenvalue weighted by Gasteiger charge is 2.28. The molecule has 2 aliphatic heterocycles. The molecule has 2 saturated heterocycles. The highest BCUT2D eigenvalue weighted by molar-refractivity contribution is 5.07. The lowest BCUT2D eigenvalue weighted by Gasteiger charge is -2.39. The van der Waals surface area contributed by atoms with E-state index in [0.29, 0.717) is 5.92 Å². The number of hydrogen-bond donors (Lipinski definition) is 1. The summed E-state index contributed by atoms with van der Waals surface area (Å²) >= 11 is 0. The molecule has 94 valence electrons. The van der Waals surface area contributed by atoms with Gasteiger partial charge in [0, 0.05) is 43.6 Å². The first-order valence-corrected chi connectivity index (χ1v) is 6.74. The van der Waals surface area contributed by atoms with E-state index in [0.717, 1.165) is 19.3 Å². The van der Waals surface area contributed by atoms with Crippen LogP contribution in [0, 0.1) is 0 Å². The number of aromatic nitrogens is 2. The Hall–Kier alpha value is -0.870. The number of piperidine rings is 1. The Balaban J connectivity index is 1.63. The molecule has 3 rings (SSSR count). The van der Waals surface area contributed by atoms with Crippen molar-refractivity contribution in [3.8, 4) is 0 Å². The lowest BCUT2D eigenvalue weighted by atomic mass is 9.92.